The number of hydrogen-bond donors (Lipinski definition) is 0. The zero-order valence-electron chi connectivity index (χ0n) is 31.6. The third kappa shape index (κ3) is 6.24. The zero-order valence-corrected chi connectivity index (χ0v) is 31.6. The van der Waals surface area contributed by atoms with Crippen molar-refractivity contribution in [3.63, 3.8) is 0 Å². The molecule has 8 aromatic carbocycles. The predicted octanol–water partition coefficient (Wildman–Crippen LogP) is 13.4. The molecule has 11 rings (SSSR count). The molecule has 0 aliphatic carbocycles. The Labute approximate surface area is 339 Å². The Morgan fingerprint density at radius 2 is 0.814 bits per heavy atom. The van der Waals surface area contributed by atoms with Gasteiger partial charge in [0.25, 0.3) is 0 Å². The van der Waals surface area contributed by atoms with Crippen molar-refractivity contribution < 1.29 is 4.39 Å². The van der Waals surface area contributed by atoms with Crippen LogP contribution >= 0.6 is 0 Å². The van der Waals surface area contributed by atoms with Crippen LogP contribution in [-0.2, 0) is 0 Å². The van der Waals surface area contributed by atoms with Gasteiger partial charge in [0.1, 0.15) is 5.82 Å². The zero-order chi connectivity index (χ0) is 39.3. The van der Waals surface area contributed by atoms with Crippen molar-refractivity contribution in [3.05, 3.63) is 200 Å². The minimum absolute atomic E-state index is 0.303. The summed E-state index contributed by atoms with van der Waals surface area (Å²) >= 11 is 0. The van der Waals surface area contributed by atoms with Crippen molar-refractivity contribution in [3.8, 4) is 67.5 Å². The summed E-state index contributed by atoms with van der Waals surface area (Å²) in [5, 5.41) is 5.20. The first-order valence-corrected chi connectivity index (χ1v) is 19.5. The van der Waals surface area contributed by atoms with E-state index in [-0.39, 0.29) is 5.82 Å². The summed E-state index contributed by atoms with van der Waals surface area (Å²) in [5.41, 5.74) is 11.7. The van der Waals surface area contributed by atoms with Gasteiger partial charge in [0.05, 0.1) is 16.6 Å². The van der Waals surface area contributed by atoms with Gasteiger partial charge in [-0.3, -0.25) is 4.98 Å². The molecule has 0 aliphatic heterocycles. The molecule has 0 fully saturated rings. The van der Waals surface area contributed by atoms with E-state index in [1.807, 2.05) is 66.7 Å². The summed E-state index contributed by atoms with van der Waals surface area (Å²) < 4.78 is 14.1. The maximum absolute atomic E-state index is 14.1. The fourth-order valence-electron chi connectivity index (χ4n) is 8.11. The van der Waals surface area contributed by atoms with Gasteiger partial charge in [-0.1, -0.05) is 152 Å². The van der Waals surface area contributed by atoms with Crippen LogP contribution in [0.2, 0.25) is 0 Å². The van der Waals surface area contributed by atoms with E-state index in [2.05, 4.69) is 103 Å². The van der Waals surface area contributed by atoms with Gasteiger partial charge in [0.2, 0.25) is 0 Å². The number of nitrogens with zero attached hydrogens (tertiary/aromatic N) is 5. The minimum Gasteiger partial charge on any atom is -0.254 e. The Balaban J connectivity index is 0.944. The van der Waals surface area contributed by atoms with Gasteiger partial charge in [-0.15, -0.1) is 0 Å². The number of benzene rings is 8. The summed E-state index contributed by atoms with van der Waals surface area (Å²) in [4.78, 5) is 24.3. The standard InChI is InChI=1S/C53H32FN5/c54-41-26-25-39-30-40-31-47(46-16-9-29-55-50(46)49(40)56-48(39)32-41)35-19-17-33(18-20-35)42-27-28-43(45-15-8-7-14-44(42)45)34-21-23-38(24-22-34)53-58-51(36-10-3-1-4-11-36)57-52(59-53)37-12-5-2-6-13-37/h1-32H. The Morgan fingerprint density at radius 3 is 1.39 bits per heavy atom. The van der Waals surface area contributed by atoms with Gasteiger partial charge in [-0.05, 0) is 74.5 Å². The first-order valence-electron chi connectivity index (χ1n) is 19.5. The van der Waals surface area contributed by atoms with Gasteiger partial charge >= 0.3 is 0 Å². The van der Waals surface area contributed by atoms with E-state index in [9.17, 15) is 4.39 Å². The molecule has 0 saturated heterocycles. The fourth-order valence-corrected chi connectivity index (χ4v) is 8.11. The number of hydrogen-bond acceptors (Lipinski definition) is 5. The number of rotatable bonds is 6. The molecule has 0 unspecified atom stereocenters. The van der Waals surface area contributed by atoms with Crippen molar-refractivity contribution in [2.45, 2.75) is 0 Å². The quantitative estimate of drug-likeness (QED) is 0.125. The number of pyridine rings is 2. The van der Waals surface area contributed by atoms with Gasteiger partial charge < -0.3 is 0 Å². The van der Waals surface area contributed by atoms with Crippen molar-refractivity contribution in [1.29, 1.82) is 0 Å². The van der Waals surface area contributed by atoms with E-state index in [1.165, 1.54) is 22.9 Å². The third-order valence-corrected chi connectivity index (χ3v) is 11.0. The molecule has 5 nitrogen and oxygen atoms in total. The molecule has 0 atom stereocenters. The molecular formula is C53H32FN5. The Hall–Kier alpha value is -7.96. The third-order valence-electron chi connectivity index (χ3n) is 11.0. The normalized spacial score (nSPS) is 11.5. The van der Waals surface area contributed by atoms with Crippen LogP contribution in [0.3, 0.4) is 0 Å². The van der Waals surface area contributed by atoms with E-state index in [0.717, 1.165) is 77.3 Å². The first kappa shape index (κ1) is 34.3. The van der Waals surface area contributed by atoms with Crippen LogP contribution in [-0.4, -0.2) is 24.9 Å². The van der Waals surface area contributed by atoms with Gasteiger partial charge in [0.15, 0.2) is 17.5 Å². The van der Waals surface area contributed by atoms with Crippen molar-refractivity contribution in [1.82, 2.24) is 24.9 Å². The molecule has 0 amide bonds. The van der Waals surface area contributed by atoms with Crippen molar-refractivity contribution in [2.24, 2.45) is 0 Å². The summed E-state index contributed by atoms with van der Waals surface area (Å²) in [5.74, 6) is 1.60. The van der Waals surface area contributed by atoms with Crippen LogP contribution in [0.15, 0.2) is 194 Å². The lowest BCUT2D eigenvalue weighted by Crippen LogP contribution is -2.00. The Morgan fingerprint density at radius 1 is 0.322 bits per heavy atom. The van der Waals surface area contributed by atoms with Crippen LogP contribution in [0.25, 0.3) is 111 Å². The molecule has 0 saturated carbocycles. The lowest BCUT2D eigenvalue weighted by atomic mass is 9.90. The van der Waals surface area contributed by atoms with E-state index < -0.39 is 0 Å². The van der Waals surface area contributed by atoms with Crippen LogP contribution < -0.4 is 0 Å². The van der Waals surface area contributed by atoms with E-state index in [0.29, 0.717) is 23.0 Å². The number of aromatic nitrogens is 5. The molecule has 0 bridgehead atoms. The summed E-state index contributed by atoms with van der Waals surface area (Å²) in [6.07, 6.45) is 1.79. The van der Waals surface area contributed by atoms with E-state index in [1.54, 1.807) is 12.3 Å². The summed E-state index contributed by atoms with van der Waals surface area (Å²) in [6.45, 7) is 0. The number of halogens is 1. The van der Waals surface area contributed by atoms with E-state index >= 15 is 0 Å². The molecule has 0 N–H and O–H groups in total. The predicted molar refractivity (Wildman–Crippen MR) is 238 cm³/mol. The summed E-state index contributed by atoms with van der Waals surface area (Å²) in [6, 6.07) is 63.4. The molecule has 276 valence electrons. The first-order chi connectivity index (χ1) is 29.1. The Bertz CT molecular complexity index is 3310. The van der Waals surface area contributed by atoms with Gasteiger partial charge in [0, 0.05) is 45.1 Å². The van der Waals surface area contributed by atoms with Crippen LogP contribution in [0.1, 0.15) is 0 Å². The second kappa shape index (κ2) is 14.2. The topological polar surface area (TPSA) is 64.5 Å². The van der Waals surface area contributed by atoms with Crippen molar-refractivity contribution >= 4 is 43.5 Å². The van der Waals surface area contributed by atoms with Crippen LogP contribution in [0, 0.1) is 5.82 Å². The van der Waals surface area contributed by atoms with Crippen LogP contribution in [0.4, 0.5) is 4.39 Å². The largest absolute Gasteiger partial charge is 0.254 e. The molecular weight excluding hydrogens is 726 g/mol. The molecule has 11 aromatic rings. The summed E-state index contributed by atoms with van der Waals surface area (Å²) in [7, 11) is 0. The average Bonchev–Trinajstić information content (AvgIpc) is 3.31. The monoisotopic (exact) mass is 757 g/mol. The highest BCUT2D eigenvalue weighted by atomic mass is 19.1. The van der Waals surface area contributed by atoms with Crippen molar-refractivity contribution in [2.75, 3.05) is 0 Å². The molecule has 0 radical (unpaired) electrons. The molecule has 6 heteroatoms. The second-order valence-corrected chi connectivity index (χ2v) is 14.6. The average molecular weight is 758 g/mol. The molecule has 0 spiro atoms. The van der Waals surface area contributed by atoms with Crippen LogP contribution in [0.5, 0.6) is 0 Å². The van der Waals surface area contributed by atoms with Gasteiger partial charge in [-0.25, -0.2) is 24.3 Å². The smallest absolute Gasteiger partial charge is 0.164 e. The highest BCUT2D eigenvalue weighted by molar-refractivity contribution is 6.12. The maximum Gasteiger partial charge on any atom is 0.164 e. The van der Waals surface area contributed by atoms with Gasteiger partial charge in [-0.2, -0.15) is 0 Å². The second-order valence-electron chi connectivity index (χ2n) is 14.6. The Kier molecular flexibility index (Phi) is 8.26. The van der Waals surface area contributed by atoms with E-state index in [4.69, 9.17) is 24.9 Å². The molecule has 3 heterocycles. The lowest BCUT2D eigenvalue weighted by molar-refractivity contribution is 0.629. The molecule has 0 aliphatic rings. The highest BCUT2D eigenvalue weighted by Crippen LogP contribution is 2.39. The minimum atomic E-state index is -0.303. The fraction of sp³-hybridized carbons (Fsp3) is 0. The highest BCUT2D eigenvalue weighted by Gasteiger charge is 2.16. The SMILES string of the molecule is Fc1ccc2cc3cc(-c4ccc(-c5ccc(-c6ccc(-c7nc(-c8ccccc8)nc(-c8ccccc8)n7)cc6)c6ccccc56)cc4)c4cccnc4c3nc2c1. The molecule has 3 aromatic heterocycles. The lowest BCUT2D eigenvalue weighted by Gasteiger charge is -2.14. The number of fused-ring (bicyclic) bond motifs is 5. The molecule has 59 heavy (non-hydrogen) atoms. The maximum atomic E-state index is 14.1.